The highest BCUT2D eigenvalue weighted by atomic mass is 79.9. The second kappa shape index (κ2) is 6.45. The van der Waals surface area contributed by atoms with Gasteiger partial charge in [0.15, 0.2) is 0 Å². The maximum Gasteiger partial charge on any atom is 0.148 e. The summed E-state index contributed by atoms with van der Waals surface area (Å²) in [6, 6.07) is 4.01. The molecule has 1 aliphatic rings. The standard InChI is InChI=1S/C14H20BrNO3S/c1-3-16-13(9-20(2,17)18)8-11-7-12(15)6-10-4-5-19-14(10)11/h6-7,13,16H,3-5,8-9H2,1-2H3. The lowest BCUT2D eigenvalue weighted by atomic mass is 10.0. The van der Waals surface area contributed by atoms with E-state index >= 15 is 0 Å². The lowest BCUT2D eigenvalue weighted by molar-refractivity contribution is 0.352. The van der Waals surface area contributed by atoms with Crippen molar-refractivity contribution in [1.82, 2.24) is 5.32 Å². The van der Waals surface area contributed by atoms with E-state index in [9.17, 15) is 8.42 Å². The number of hydrogen-bond donors (Lipinski definition) is 1. The van der Waals surface area contributed by atoms with Crippen LogP contribution < -0.4 is 10.1 Å². The zero-order valence-electron chi connectivity index (χ0n) is 11.8. The third kappa shape index (κ3) is 4.20. The first-order valence-electron chi connectivity index (χ1n) is 6.74. The lowest BCUT2D eigenvalue weighted by Gasteiger charge is -2.18. The highest BCUT2D eigenvalue weighted by Gasteiger charge is 2.21. The van der Waals surface area contributed by atoms with E-state index in [0.29, 0.717) is 13.0 Å². The van der Waals surface area contributed by atoms with Gasteiger partial charge in [-0.3, -0.25) is 0 Å². The van der Waals surface area contributed by atoms with Gasteiger partial charge < -0.3 is 10.1 Å². The molecule has 4 nitrogen and oxygen atoms in total. The number of rotatable bonds is 6. The molecule has 0 radical (unpaired) electrons. The summed E-state index contributed by atoms with van der Waals surface area (Å²) < 4.78 is 29.8. The van der Waals surface area contributed by atoms with Gasteiger partial charge >= 0.3 is 0 Å². The van der Waals surface area contributed by atoms with Crippen molar-refractivity contribution in [2.24, 2.45) is 0 Å². The molecule has 112 valence electrons. The van der Waals surface area contributed by atoms with Crippen LogP contribution in [0.2, 0.25) is 0 Å². The van der Waals surface area contributed by atoms with E-state index in [1.54, 1.807) is 0 Å². The van der Waals surface area contributed by atoms with Crippen molar-refractivity contribution in [2.45, 2.75) is 25.8 Å². The van der Waals surface area contributed by atoms with Gasteiger partial charge in [0.25, 0.3) is 0 Å². The van der Waals surface area contributed by atoms with Crippen LogP contribution in [0.5, 0.6) is 5.75 Å². The van der Waals surface area contributed by atoms with Gasteiger partial charge in [0.2, 0.25) is 0 Å². The van der Waals surface area contributed by atoms with Crippen molar-refractivity contribution in [3.8, 4) is 5.75 Å². The monoisotopic (exact) mass is 361 g/mol. The summed E-state index contributed by atoms with van der Waals surface area (Å²) in [4.78, 5) is 0. The van der Waals surface area contributed by atoms with Crippen molar-refractivity contribution in [1.29, 1.82) is 0 Å². The van der Waals surface area contributed by atoms with Gasteiger partial charge in [-0.1, -0.05) is 22.9 Å². The molecule has 1 aromatic carbocycles. The number of fused-ring (bicyclic) bond motifs is 1. The predicted octanol–water partition coefficient (Wildman–Crippen LogP) is 1.95. The third-order valence-corrected chi connectivity index (χ3v) is 4.75. The predicted molar refractivity (Wildman–Crippen MR) is 84.2 cm³/mol. The minimum atomic E-state index is -3.00. The van der Waals surface area contributed by atoms with Crippen LogP contribution >= 0.6 is 15.9 Å². The summed E-state index contributed by atoms with van der Waals surface area (Å²) in [5, 5.41) is 3.25. The Labute approximate surface area is 129 Å². The maximum absolute atomic E-state index is 11.5. The van der Waals surface area contributed by atoms with E-state index in [2.05, 4.69) is 27.3 Å². The summed E-state index contributed by atoms with van der Waals surface area (Å²) in [6.45, 7) is 3.44. The zero-order chi connectivity index (χ0) is 14.8. The summed E-state index contributed by atoms with van der Waals surface area (Å²) in [5.74, 6) is 1.08. The molecule has 1 aromatic rings. The number of benzene rings is 1. The number of likely N-dealkylation sites (N-methyl/N-ethyl adjacent to an activating group) is 1. The molecule has 1 N–H and O–H groups in total. The van der Waals surface area contributed by atoms with Gasteiger partial charge in [0, 0.05) is 23.2 Å². The van der Waals surface area contributed by atoms with Gasteiger partial charge in [-0.2, -0.15) is 0 Å². The molecule has 1 aliphatic heterocycles. The first-order valence-corrected chi connectivity index (χ1v) is 9.59. The van der Waals surface area contributed by atoms with E-state index in [-0.39, 0.29) is 11.8 Å². The highest BCUT2D eigenvalue weighted by Crippen LogP contribution is 2.33. The maximum atomic E-state index is 11.5. The van der Waals surface area contributed by atoms with Crippen molar-refractivity contribution >= 4 is 25.8 Å². The first kappa shape index (κ1) is 15.8. The Morgan fingerprint density at radius 1 is 1.45 bits per heavy atom. The molecular weight excluding hydrogens is 342 g/mol. The Balaban J connectivity index is 2.22. The molecule has 1 unspecified atom stereocenters. The smallest absolute Gasteiger partial charge is 0.148 e. The molecule has 6 heteroatoms. The lowest BCUT2D eigenvalue weighted by Crippen LogP contribution is -2.37. The van der Waals surface area contributed by atoms with Crippen molar-refractivity contribution in [3.05, 3.63) is 27.7 Å². The summed E-state index contributed by atoms with van der Waals surface area (Å²) in [6.07, 6.45) is 2.85. The van der Waals surface area contributed by atoms with Gasteiger partial charge in [-0.15, -0.1) is 0 Å². The number of sulfone groups is 1. The molecule has 0 saturated carbocycles. The first-order chi connectivity index (χ1) is 9.39. The molecular formula is C14H20BrNO3S. The number of ether oxygens (including phenoxy) is 1. The van der Waals surface area contributed by atoms with Gasteiger partial charge in [-0.05, 0) is 36.2 Å². The Morgan fingerprint density at radius 3 is 2.85 bits per heavy atom. The third-order valence-electron chi connectivity index (χ3n) is 3.29. The van der Waals surface area contributed by atoms with Crippen LogP contribution in [0.25, 0.3) is 0 Å². The Morgan fingerprint density at radius 2 is 2.20 bits per heavy atom. The average Bonchev–Trinajstić information content (AvgIpc) is 2.74. The molecule has 0 bridgehead atoms. The van der Waals surface area contributed by atoms with Crippen LogP contribution in [-0.4, -0.2) is 39.6 Å². The largest absolute Gasteiger partial charge is 0.493 e. The normalized spacial score (nSPS) is 15.8. The summed E-state index contributed by atoms with van der Waals surface area (Å²) >= 11 is 3.51. The summed E-state index contributed by atoms with van der Waals surface area (Å²) in [5.41, 5.74) is 2.27. The Bertz CT molecular complexity index is 586. The van der Waals surface area contributed by atoms with E-state index < -0.39 is 9.84 Å². The summed E-state index contributed by atoms with van der Waals surface area (Å²) in [7, 11) is -3.00. The van der Waals surface area contributed by atoms with Gasteiger partial charge in [-0.25, -0.2) is 8.42 Å². The van der Waals surface area contributed by atoms with Crippen LogP contribution in [0.4, 0.5) is 0 Å². The second-order valence-corrected chi connectivity index (χ2v) is 8.30. The molecule has 0 spiro atoms. The fourth-order valence-electron chi connectivity index (χ4n) is 2.61. The van der Waals surface area contributed by atoms with Gasteiger partial charge in [0.1, 0.15) is 15.6 Å². The fourth-order valence-corrected chi connectivity index (χ4v) is 4.13. The van der Waals surface area contributed by atoms with E-state index in [1.807, 2.05) is 13.0 Å². The molecule has 0 aromatic heterocycles. The number of halogens is 1. The molecule has 2 rings (SSSR count). The van der Waals surface area contributed by atoms with Gasteiger partial charge in [0.05, 0.1) is 12.4 Å². The fraction of sp³-hybridized carbons (Fsp3) is 0.571. The van der Waals surface area contributed by atoms with Crippen molar-refractivity contribution in [2.75, 3.05) is 25.2 Å². The minimum absolute atomic E-state index is 0.0856. The van der Waals surface area contributed by atoms with Crippen LogP contribution in [0.3, 0.4) is 0 Å². The molecule has 20 heavy (non-hydrogen) atoms. The highest BCUT2D eigenvalue weighted by molar-refractivity contribution is 9.10. The Hall–Kier alpha value is -0.590. The molecule has 0 amide bonds. The van der Waals surface area contributed by atoms with Crippen LogP contribution in [0, 0.1) is 0 Å². The van der Waals surface area contributed by atoms with Crippen molar-refractivity contribution in [3.63, 3.8) is 0 Å². The quantitative estimate of drug-likeness (QED) is 0.841. The molecule has 0 aliphatic carbocycles. The molecule has 1 heterocycles. The zero-order valence-corrected chi connectivity index (χ0v) is 14.2. The SMILES string of the molecule is CCNC(Cc1cc(Br)cc2c1OCC2)CS(C)(=O)=O. The van der Waals surface area contributed by atoms with Crippen LogP contribution in [0.1, 0.15) is 18.1 Å². The molecule has 1 atom stereocenters. The molecule has 0 fully saturated rings. The number of nitrogens with one attached hydrogen (secondary N) is 1. The van der Waals surface area contributed by atoms with Crippen LogP contribution in [0.15, 0.2) is 16.6 Å². The Kier molecular flexibility index (Phi) is 5.09. The van der Waals surface area contributed by atoms with Crippen LogP contribution in [-0.2, 0) is 22.7 Å². The van der Waals surface area contributed by atoms with E-state index in [4.69, 9.17) is 4.74 Å². The van der Waals surface area contributed by atoms with E-state index in [0.717, 1.165) is 28.8 Å². The second-order valence-electron chi connectivity index (χ2n) is 5.20. The topological polar surface area (TPSA) is 55.4 Å². The average molecular weight is 362 g/mol. The number of hydrogen-bond acceptors (Lipinski definition) is 4. The van der Waals surface area contributed by atoms with Crippen molar-refractivity contribution < 1.29 is 13.2 Å². The molecule has 0 saturated heterocycles. The van der Waals surface area contributed by atoms with E-state index in [1.165, 1.54) is 11.8 Å². The minimum Gasteiger partial charge on any atom is -0.493 e.